The summed E-state index contributed by atoms with van der Waals surface area (Å²) in [5.74, 6) is -1.82. The first-order valence-electron chi connectivity index (χ1n) is 13.2. The minimum absolute atomic E-state index is 0. The molecule has 0 N–H and O–H groups in total. The number of carboxylic acids is 2. The summed E-state index contributed by atoms with van der Waals surface area (Å²) in [7, 11) is 0. The Morgan fingerprint density at radius 1 is 0.359 bits per heavy atom. The van der Waals surface area contributed by atoms with Gasteiger partial charge in [0.1, 0.15) is 0 Å². The molecule has 0 bridgehead atoms. The molecule has 39 heavy (non-hydrogen) atoms. The number of aliphatic carboxylic acids is 2. The molecular formula is C26H46O10Zn3. The van der Waals surface area contributed by atoms with E-state index < -0.39 is 24.2 Å². The van der Waals surface area contributed by atoms with Crippen LogP contribution in [0.25, 0.3) is 0 Å². The zero-order chi connectivity index (χ0) is 28.5. The molecule has 0 heterocycles. The van der Waals surface area contributed by atoms with Gasteiger partial charge >= 0.3 is 58.4 Å². The molecule has 0 rings (SSSR count). The molecular weight excluding hydrogens is 668 g/mol. The predicted octanol–water partition coefficient (Wildman–Crippen LogP) is 0.413. The summed E-state index contributed by atoms with van der Waals surface area (Å²) in [5, 5.41) is 53.5. The van der Waals surface area contributed by atoms with Gasteiger partial charge < -0.3 is 49.8 Å². The molecule has 0 aromatic heterocycles. The zero-order valence-corrected chi connectivity index (χ0v) is 33.2. The van der Waals surface area contributed by atoms with Crippen molar-refractivity contribution in [3.05, 3.63) is 0 Å². The van der Waals surface area contributed by atoms with Crippen molar-refractivity contribution in [3.63, 3.8) is 0 Å². The second-order valence-corrected chi connectivity index (χ2v) is 8.40. The summed E-state index contributed by atoms with van der Waals surface area (Å²) in [5.41, 5.74) is 0. The third kappa shape index (κ3) is 102. The standard InChI is InChI=1S/2C12H24O2.2CH2O3.3Zn/c2*1-2-3-4-5-6-7-8-9-10-11-12(13)14;2*2-1(3)4;;;/h2*2-11H2,1H3,(H,13,14);2*(H2,2,3,4);;;/q;;;;3*+2/p-6. The Bertz CT molecular complexity index is 458. The number of carbonyl (C=O) groups is 4. The van der Waals surface area contributed by atoms with Gasteiger partial charge in [0.25, 0.3) is 0 Å². The molecule has 10 nitrogen and oxygen atoms in total. The number of carbonyl (C=O) groups excluding carboxylic acids is 4. The van der Waals surface area contributed by atoms with Crippen molar-refractivity contribution < 1.29 is 108 Å². The van der Waals surface area contributed by atoms with Gasteiger partial charge in [-0.25, -0.2) is 0 Å². The van der Waals surface area contributed by atoms with E-state index in [1.54, 1.807) is 0 Å². The molecule has 0 unspecified atom stereocenters. The molecule has 0 aromatic carbocycles. The molecule has 0 aromatic rings. The van der Waals surface area contributed by atoms with Crippen LogP contribution in [0.1, 0.15) is 142 Å². The van der Waals surface area contributed by atoms with Gasteiger partial charge in [-0.3, -0.25) is 0 Å². The molecule has 0 amide bonds. The Hall–Kier alpha value is -0.650. The van der Waals surface area contributed by atoms with Gasteiger partial charge in [0.15, 0.2) is 0 Å². The molecule has 0 spiro atoms. The molecule has 0 fully saturated rings. The maximum Gasteiger partial charge on any atom is 2.00 e. The Labute approximate surface area is 273 Å². The van der Waals surface area contributed by atoms with E-state index in [1.807, 2.05) is 0 Å². The van der Waals surface area contributed by atoms with Crippen LogP contribution in [0.2, 0.25) is 0 Å². The average Bonchev–Trinajstić information content (AvgIpc) is 2.76. The fraction of sp³-hybridized carbons (Fsp3) is 0.846. The fourth-order valence-corrected chi connectivity index (χ4v) is 3.16. The second kappa shape index (κ2) is 50.2. The summed E-state index contributed by atoms with van der Waals surface area (Å²) in [6, 6.07) is 0. The second-order valence-electron chi connectivity index (χ2n) is 8.40. The largest absolute Gasteiger partial charge is 2.00 e. The van der Waals surface area contributed by atoms with Crippen molar-refractivity contribution in [2.45, 2.75) is 142 Å². The fourth-order valence-electron chi connectivity index (χ4n) is 3.16. The molecule has 0 saturated heterocycles. The van der Waals surface area contributed by atoms with Crippen molar-refractivity contribution in [3.8, 4) is 0 Å². The van der Waals surface area contributed by atoms with Crippen LogP contribution in [0.4, 0.5) is 9.59 Å². The van der Waals surface area contributed by atoms with Crippen LogP contribution in [0, 0.1) is 0 Å². The maximum absolute atomic E-state index is 10.1. The molecule has 0 aliphatic heterocycles. The Balaban J connectivity index is -0.0000000775. The predicted molar refractivity (Wildman–Crippen MR) is 124 cm³/mol. The minimum atomic E-state index is -2.33. The van der Waals surface area contributed by atoms with E-state index in [-0.39, 0.29) is 71.3 Å². The first-order chi connectivity index (χ1) is 17.0. The van der Waals surface area contributed by atoms with Crippen LogP contribution in [0.3, 0.4) is 0 Å². The van der Waals surface area contributed by atoms with Crippen molar-refractivity contribution in [2.24, 2.45) is 0 Å². The Morgan fingerprint density at radius 3 is 0.667 bits per heavy atom. The summed E-state index contributed by atoms with van der Waals surface area (Å²) >= 11 is 0. The molecule has 0 aliphatic carbocycles. The third-order valence-corrected chi connectivity index (χ3v) is 4.97. The number of rotatable bonds is 20. The molecule has 13 heteroatoms. The van der Waals surface area contributed by atoms with Gasteiger partial charge in [-0.2, -0.15) is 0 Å². The maximum atomic E-state index is 10.1. The first kappa shape index (κ1) is 54.4. The van der Waals surface area contributed by atoms with Crippen LogP contribution in [0.15, 0.2) is 0 Å². The number of hydrogen-bond donors (Lipinski definition) is 0. The van der Waals surface area contributed by atoms with Crippen LogP contribution >= 0.6 is 0 Å². The number of unbranched alkanes of at least 4 members (excludes halogenated alkanes) is 16. The van der Waals surface area contributed by atoms with E-state index in [9.17, 15) is 19.8 Å². The van der Waals surface area contributed by atoms with Gasteiger partial charge in [0.05, 0.1) is 0 Å². The van der Waals surface area contributed by atoms with E-state index in [0.29, 0.717) is 0 Å². The van der Waals surface area contributed by atoms with Gasteiger partial charge in [-0.05, 0) is 38.0 Å². The summed E-state index contributed by atoms with van der Waals surface area (Å²) in [6.45, 7) is 4.44. The van der Waals surface area contributed by atoms with E-state index in [4.69, 9.17) is 30.0 Å². The number of carboxylic acid groups (broad SMARTS) is 6. The van der Waals surface area contributed by atoms with Crippen LogP contribution < -0.4 is 30.6 Å². The van der Waals surface area contributed by atoms with Crippen molar-refractivity contribution in [1.29, 1.82) is 0 Å². The zero-order valence-electron chi connectivity index (χ0n) is 24.3. The monoisotopic (exact) mass is 710 g/mol. The van der Waals surface area contributed by atoms with Crippen LogP contribution in [0.5, 0.6) is 0 Å². The molecule has 216 valence electrons. The van der Waals surface area contributed by atoms with Crippen LogP contribution in [-0.2, 0) is 68.0 Å². The average molecular weight is 715 g/mol. The van der Waals surface area contributed by atoms with Crippen molar-refractivity contribution in [2.75, 3.05) is 0 Å². The van der Waals surface area contributed by atoms with E-state index in [2.05, 4.69) is 13.8 Å². The molecule has 0 atom stereocenters. The Kier molecular flexibility index (Phi) is 70.1. The summed E-state index contributed by atoms with van der Waals surface area (Å²) in [6.07, 6.45) is 17.7. The quantitative estimate of drug-likeness (QED) is 0.125. The van der Waals surface area contributed by atoms with E-state index in [1.165, 1.54) is 89.9 Å². The summed E-state index contributed by atoms with van der Waals surface area (Å²) < 4.78 is 0. The summed E-state index contributed by atoms with van der Waals surface area (Å²) in [4.78, 5) is 36.9. The van der Waals surface area contributed by atoms with Gasteiger partial charge in [-0.1, -0.05) is 117 Å². The Morgan fingerprint density at radius 2 is 0.513 bits per heavy atom. The van der Waals surface area contributed by atoms with Gasteiger partial charge in [0.2, 0.25) is 0 Å². The first-order valence-corrected chi connectivity index (χ1v) is 13.2. The van der Waals surface area contributed by atoms with Gasteiger partial charge in [0, 0.05) is 11.9 Å². The SMILES string of the molecule is CCCCCCCCCCCC(=O)[O-].CCCCCCCCCCCC(=O)[O-].O=C([O-])[O-].O=C([O-])[O-].[Zn+2].[Zn+2].[Zn+2]. The van der Waals surface area contributed by atoms with Crippen molar-refractivity contribution >= 4 is 24.2 Å². The third-order valence-electron chi connectivity index (χ3n) is 4.97. The van der Waals surface area contributed by atoms with E-state index in [0.717, 1.165) is 25.7 Å². The smallest absolute Gasteiger partial charge is 0.652 e. The van der Waals surface area contributed by atoms with Crippen molar-refractivity contribution in [1.82, 2.24) is 0 Å². The van der Waals surface area contributed by atoms with Gasteiger partial charge in [-0.15, -0.1) is 0 Å². The van der Waals surface area contributed by atoms with E-state index >= 15 is 0 Å². The minimum Gasteiger partial charge on any atom is -0.652 e. The molecule has 0 radical (unpaired) electrons. The molecule has 0 aliphatic rings. The number of hydrogen-bond acceptors (Lipinski definition) is 10. The molecule has 0 saturated carbocycles. The topological polar surface area (TPSA) is 207 Å². The van der Waals surface area contributed by atoms with Crippen LogP contribution in [-0.4, -0.2) is 24.2 Å². The normalized spacial score (nSPS) is 8.67.